The Balaban J connectivity index is 2.11. The van der Waals surface area contributed by atoms with Gasteiger partial charge < -0.3 is 4.74 Å². The average Bonchev–Trinajstić information content (AvgIpc) is 2.38. The van der Waals surface area contributed by atoms with Crippen molar-refractivity contribution in [2.45, 2.75) is 45.4 Å². The molecule has 1 aromatic heterocycles. The average molecular weight is 235 g/mol. The molecule has 3 nitrogen and oxygen atoms in total. The summed E-state index contributed by atoms with van der Waals surface area (Å²) < 4.78 is 5.53. The zero-order valence-electron chi connectivity index (χ0n) is 10.5. The lowest BCUT2D eigenvalue weighted by Crippen LogP contribution is -1.98. The molecule has 0 aromatic carbocycles. The van der Waals surface area contributed by atoms with Gasteiger partial charge in [0.05, 0.1) is 12.8 Å². The lowest BCUT2D eigenvalue weighted by atomic mass is 10.1. The van der Waals surface area contributed by atoms with Gasteiger partial charge in [0.1, 0.15) is 5.75 Å². The first-order chi connectivity index (χ1) is 8.36. The van der Waals surface area contributed by atoms with Crippen molar-refractivity contribution < 1.29 is 9.53 Å². The lowest BCUT2D eigenvalue weighted by molar-refractivity contribution is 0.112. The maximum atomic E-state index is 10.5. The quantitative estimate of drug-likeness (QED) is 0.484. The van der Waals surface area contributed by atoms with Crippen molar-refractivity contribution in [1.82, 2.24) is 4.98 Å². The highest BCUT2D eigenvalue weighted by molar-refractivity contribution is 5.74. The van der Waals surface area contributed by atoms with E-state index in [1.54, 1.807) is 12.3 Å². The van der Waals surface area contributed by atoms with Gasteiger partial charge in [-0.05, 0) is 12.5 Å². The number of pyridine rings is 1. The summed E-state index contributed by atoms with van der Waals surface area (Å²) in [6.45, 7) is 2.92. The molecule has 94 valence electrons. The maximum absolute atomic E-state index is 10.5. The van der Waals surface area contributed by atoms with Crippen LogP contribution in [0.3, 0.4) is 0 Å². The first-order valence-electron chi connectivity index (χ1n) is 6.40. The third-order valence-electron chi connectivity index (χ3n) is 2.64. The van der Waals surface area contributed by atoms with E-state index in [0.717, 1.165) is 12.7 Å². The van der Waals surface area contributed by atoms with Crippen LogP contribution in [0.4, 0.5) is 0 Å². The van der Waals surface area contributed by atoms with Crippen molar-refractivity contribution in [3.8, 4) is 5.75 Å². The molecule has 0 radical (unpaired) electrons. The number of carbonyl (C=O) groups excluding carboxylic acids is 1. The molecule has 0 amide bonds. The molecule has 1 aromatic rings. The van der Waals surface area contributed by atoms with Crippen molar-refractivity contribution in [2.75, 3.05) is 6.61 Å². The highest BCUT2D eigenvalue weighted by atomic mass is 16.5. The zero-order valence-corrected chi connectivity index (χ0v) is 10.5. The fourth-order valence-electron chi connectivity index (χ4n) is 1.65. The summed E-state index contributed by atoms with van der Waals surface area (Å²) in [6, 6.07) is 1.72. The standard InChI is InChI=1S/C14H21NO2/c1-2-3-4-5-6-7-8-17-14-9-13(12-16)10-15-11-14/h9-12H,2-8H2,1H3. The van der Waals surface area contributed by atoms with Crippen LogP contribution >= 0.6 is 0 Å². The Labute approximate surface area is 103 Å². The number of ether oxygens (including phenoxy) is 1. The van der Waals surface area contributed by atoms with Gasteiger partial charge in [-0.2, -0.15) is 0 Å². The van der Waals surface area contributed by atoms with Gasteiger partial charge in [0.2, 0.25) is 0 Å². The second-order valence-electron chi connectivity index (χ2n) is 4.19. The van der Waals surface area contributed by atoms with Crippen LogP contribution in [0.5, 0.6) is 5.75 Å². The molecular formula is C14H21NO2. The van der Waals surface area contributed by atoms with Crippen molar-refractivity contribution in [1.29, 1.82) is 0 Å². The van der Waals surface area contributed by atoms with E-state index in [-0.39, 0.29) is 0 Å². The Morgan fingerprint density at radius 2 is 1.94 bits per heavy atom. The largest absolute Gasteiger partial charge is 0.492 e. The predicted molar refractivity (Wildman–Crippen MR) is 68.5 cm³/mol. The molecule has 1 heterocycles. The van der Waals surface area contributed by atoms with Crippen LogP contribution in [0.1, 0.15) is 55.8 Å². The Morgan fingerprint density at radius 1 is 1.18 bits per heavy atom. The summed E-state index contributed by atoms with van der Waals surface area (Å²) in [5.74, 6) is 0.683. The molecule has 0 saturated heterocycles. The third-order valence-corrected chi connectivity index (χ3v) is 2.64. The summed E-state index contributed by atoms with van der Waals surface area (Å²) in [5, 5.41) is 0. The van der Waals surface area contributed by atoms with Crippen LogP contribution in [0.25, 0.3) is 0 Å². The molecule has 0 aliphatic carbocycles. The molecule has 0 fully saturated rings. The number of nitrogens with zero attached hydrogens (tertiary/aromatic N) is 1. The monoisotopic (exact) mass is 235 g/mol. The molecule has 3 heteroatoms. The van der Waals surface area contributed by atoms with E-state index in [0.29, 0.717) is 17.9 Å². The smallest absolute Gasteiger partial charge is 0.151 e. The van der Waals surface area contributed by atoms with Crippen LogP contribution < -0.4 is 4.74 Å². The van der Waals surface area contributed by atoms with E-state index in [1.807, 2.05) is 0 Å². The minimum atomic E-state index is 0.561. The van der Waals surface area contributed by atoms with Crippen molar-refractivity contribution >= 4 is 6.29 Å². The molecule has 0 atom stereocenters. The number of hydrogen-bond donors (Lipinski definition) is 0. The molecule has 0 spiro atoms. The molecule has 1 rings (SSSR count). The minimum Gasteiger partial charge on any atom is -0.492 e. The van der Waals surface area contributed by atoms with Crippen molar-refractivity contribution in [3.63, 3.8) is 0 Å². The fourth-order valence-corrected chi connectivity index (χ4v) is 1.65. The molecule has 0 saturated carbocycles. The van der Waals surface area contributed by atoms with Gasteiger partial charge in [-0.1, -0.05) is 39.0 Å². The minimum absolute atomic E-state index is 0.561. The summed E-state index contributed by atoms with van der Waals surface area (Å²) in [7, 11) is 0. The van der Waals surface area contributed by atoms with Crippen LogP contribution in [0, 0.1) is 0 Å². The van der Waals surface area contributed by atoms with Gasteiger partial charge in [0, 0.05) is 11.8 Å². The second kappa shape index (κ2) is 8.74. The van der Waals surface area contributed by atoms with E-state index in [4.69, 9.17) is 4.74 Å². The number of aldehydes is 1. The molecule has 17 heavy (non-hydrogen) atoms. The van der Waals surface area contributed by atoms with Crippen LogP contribution in [-0.2, 0) is 0 Å². The van der Waals surface area contributed by atoms with E-state index >= 15 is 0 Å². The molecule has 0 aliphatic heterocycles. The summed E-state index contributed by atoms with van der Waals surface area (Å²) >= 11 is 0. The SMILES string of the molecule is CCCCCCCCOc1cncc(C=O)c1. The Hall–Kier alpha value is -1.38. The fraction of sp³-hybridized carbons (Fsp3) is 0.571. The predicted octanol–water partition coefficient (Wildman–Crippen LogP) is 3.63. The van der Waals surface area contributed by atoms with Crippen LogP contribution in [0.15, 0.2) is 18.5 Å². The maximum Gasteiger partial charge on any atom is 0.151 e. The summed E-state index contributed by atoms with van der Waals surface area (Å²) in [5.41, 5.74) is 0.561. The van der Waals surface area contributed by atoms with Gasteiger partial charge >= 0.3 is 0 Å². The molecule has 0 bridgehead atoms. The van der Waals surface area contributed by atoms with E-state index < -0.39 is 0 Å². The Kier molecular flexibility index (Phi) is 7.03. The number of hydrogen-bond acceptors (Lipinski definition) is 3. The van der Waals surface area contributed by atoms with E-state index in [9.17, 15) is 4.79 Å². The van der Waals surface area contributed by atoms with Crippen LogP contribution in [0.2, 0.25) is 0 Å². The third kappa shape index (κ3) is 6.05. The molecule has 0 aliphatic rings. The number of unbranched alkanes of at least 4 members (excludes halogenated alkanes) is 5. The number of aromatic nitrogens is 1. The van der Waals surface area contributed by atoms with Crippen molar-refractivity contribution in [2.24, 2.45) is 0 Å². The van der Waals surface area contributed by atoms with Gasteiger partial charge in [-0.15, -0.1) is 0 Å². The normalized spacial score (nSPS) is 10.2. The molecular weight excluding hydrogens is 214 g/mol. The Bertz CT molecular complexity index is 326. The van der Waals surface area contributed by atoms with E-state index in [1.165, 1.54) is 38.3 Å². The van der Waals surface area contributed by atoms with Crippen LogP contribution in [-0.4, -0.2) is 17.9 Å². The van der Waals surface area contributed by atoms with Gasteiger partial charge in [-0.3, -0.25) is 9.78 Å². The summed E-state index contributed by atoms with van der Waals surface area (Å²) in [4.78, 5) is 14.5. The number of rotatable bonds is 9. The van der Waals surface area contributed by atoms with Gasteiger partial charge in [0.25, 0.3) is 0 Å². The first kappa shape index (κ1) is 13.7. The highest BCUT2D eigenvalue weighted by Crippen LogP contribution is 2.11. The topological polar surface area (TPSA) is 39.2 Å². The van der Waals surface area contributed by atoms with Crippen molar-refractivity contribution in [3.05, 3.63) is 24.0 Å². The first-order valence-corrected chi connectivity index (χ1v) is 6.40. The van der Waals surface area contributed by atoms with E-state index in [2.05, 4.69) is 11.9 Å². The Morgan fingerprint density at radius 3 is 2.71 bits per heavy atom. The zero-order chi connectivity index (χ0) is 12.3. The van der Waals surface area contributed by atoms with Gasteiger partial charge in [-0.25, -0.2) is 0 Å². The second-order valence-corrected chi connectivity index (χ2v) is 4.19. The summed E-state index contributed by atoms with van der Waals surface area (Å²) in [6.07, 6.45) is 11.4. The molecule has 0 unspecified atom stereocenters. The lowest BCUT2D eigenvalue weighted by Gasteiger charge is -2.05. The number of carbonyl (C=O) groups is 1. The highest BCUT2D eigenvalue weighted by Gasteiger charge is 1.97. The van der Waals surface area contributed by atoms with Gasteiger partial charge in [0.15, 0.2) is 6.29 Å². The molecule has 0 N–H and O–H groups in total.